The molecule has 1 aliphatic heterocycles. The number of thiazole rings is 2. The van der Waals surface area contributed by atoms with Crippen molar-refractivity contribution in [3.05, 3.63) is 229 Å². The van der Waals surface area contributed by atoms with Crippen molar-refractivity contribution < 1.29 is 0 Å². The van der Waals surface area contributed by atoms with Gasteiger partial charge in [-0.15, -0.1) is 22.7 Å². The van der Waals surface area contributed by atoms with Crippen molar-refractivity contribution in [2.24, 2.45) is 0 Å². The lowest BCUT2D eigenvalue weighted by Crippen LogP contribution is -2.31. The quantitative estimate of drug-likeness (QED) is 0.173. The number of nitrogens with zero attached hydrogens (tertiary/aromatic N) is 2. The molecule has 0 radical (unpaired) electrons. The molecule has 2 aromatic heterocycles. The smallest absolute Gasteiger partial charge is 0.124 e. The third-order valence-corrected chi connectivity index (χ3v) is 15.9. The van der Waals surface area contributed by atoms with E-state index in [1.54, 1.807) is 22.7 Å². The maximum Gasteiger partial charge on any atom is 0.124 e. The number of fused-ring (bicyclic) bond motifs is 11. The van der Waals surface area contributed by atoms with Crippen molar-refractivity contribution in [3.63, 3.8) is 0 Å². The van der Waals surface area contributed by atoms with Crippen molar-refractivity contribution in [1.29, 1.82) is 0 Å². The first-order valence-corrected chi connectivity index (χ1v) is 23.3. The zero-order valence-electron chi connectivity index (χ0n) is 33.2. The van der Waals surface area contributed by atoms with Gasteiger partial charge in [-0.2, -0.15) is 0 Å². The van der Waals surface area contributed by atoms with Crippen LogP contribution in [0.4, 0.5) is 0 Å². The maximum atomic E-state index is 5.15. The fourth-order valence-electron chi connectivity index (χ4n) is 9.78. The van der Waals surface area contributed by atoms with Gasteiger partial charge in [0.2, 0.25) is 0 Å². The van der Waals surface area contributed by atoms with E-state index in [1.807, 2.05) is 11.8 Å². The summed E-state index contributed by atoms with van der Waals surface area (Å²) in [6.07, 6.45) is 0. The van der Waals surface area contributed by atoms with Crippen molar-refractivity contribution in [3.8, 4) is 65.6 Å². The Morgan fingerprint density at radius 1 is 0.306 bits per heavy atom. The van der Waals surface area contributed by atoms with E-state index in [2.05, 4.69) is 206 Å². The van der Waals surface area contributed by atoms with E-state index in [0.717, 1.165) is 54.4 Å². The topological polar surface area (TPSA) is 25.8 Å². The molecular weight excluding hydrogens is 809 g/mol. The van der Waals surface area contributed by atoms with Crippen LogP contribution in [0.15, 0.2) is 216 Å². The summed E-state index contributed by atoms with van der Waals surface area (Å²) in [5, 5.41) is 2.08. The third kappa shape index (κ3) is 5.56. The average molecular weight is 843 g/mol. The second kappa shape index (κ2) is 14.1. The van der Waals surface area contributed by atoms with Crippen LogP contribution in [-0.4, -0.2) is 9.97 Å². The first-order valence-electron chi connectivity index (χ1n) is 20.9. The fourth-order valence-corrected chi connectivity index (χ4v) is 12.9. The van der Waals surface area contributed by atoms with Gasteiger partial charge in [0.25, 0.3) is 0 Å². The number of rotatable bonds is 5. The van der Waals surface area contributed by atoms with Gasteiger partial charge >= 0.3 is 0 Å². The van der Waals surface area contributed by atoms with Gasteiger partial charge in [-0.05, 0) is 127 Å². The molecule has 0 amide bonds. The van der Waals surface area contributed by atoms with Crippen molar-refractivity contribution >= 4 is 54.9 Å². The largest absolute Gasteiger partial charge is 0.236 e. The van der Waals surface area contributed by atoms with Gasteiger partial charge in [0.1, 0.15) is 10.0 Å². The first-order chi connectivity index (χ1) is 30.7. The predicted molar refractivity (Wildman–Crippen MR) is 261 cm³/mol. The van der Waals surface area contributed by atoms with Crippen LogP contribution in [0, 0.1) is 0 Å². The highest BCUT2D eigenvalue weighted by Crippen LogP contribution is 2.62. The number of hydrogen-bond acceptors (Lipinski definition) is 5. The van der Waals surface area contributed by atoms with Crippen LogP contribution in [0.5, 0.6) is 0 Å². The van der Waals surface area contributed by atoms with E-state index < -0.39 is 5.41 Å². The molecule has 0 saturated carbocycles. The minimum absolute atomic E-state index is 0.445. The van der Waals surface area contributed by atoms with E-state index in [1.165, 1.54) is 63.7 Å². The van der Waals surface area contributed by atoms with Crippen LogP contribution in [0.1, 0.15) is 22.3 Å². The predicted octanol–water partition coefficient (Wildman–Crippen LogP) is 16.1. The summed E-state index contributed by atoms with van der Waals surface area (Å²) in [6, 6.07) is 75.9. The van der Waals surface area contributed by atoms with Crippen molar-refractivity contribution in [2.45, 2.75) is 15.2 Å². The van der Waals surface area contributed by atoms with Crippen LogP contribution in [-0.2, 0) is 5.41 Å². The van der Waals surface area contributed by atoms with Crippen LogP contribution in [0.2, 0.25) is 0 Å². The highest BCUT2D eigenvalue weighted by Gasteiger charge is 2.50. The van der Waals surface area contributed by atoms with E-state index in [4.69, 9.17) is 9.97 Å². The van der Waals surface area contributed by atoms with E-state index >= 15 is 0 Å². The molecule has 5 heteroatoms. The zero-order valence-corrected chi connectivity index (χ0v) is 35.7. The first kappa shape index (κ1) is 35.8. The summed E-state index contributed by atoms with van der Waals surface area (Å²) in [5.41, 5.74) is 18.8. The molecule has 11 aromatic rings. The number of hydrogen-bond donors (Lipinski definition) is 0. The summed E-state index contributed by atoms with van der Waals surface area (Å²) >= 11 is 5.37. The molecule has 62 heavy (non-hydrogen) atoms. The summed E-state index contributed by atoms with van der Waals surface area (Å²) in [7, 11) is 0. The average Bonchev–Trinajstić information content (AvgIpc) is 4.05. The molecule has 0 fully saturated rings. The highest BCUT2D eigenvalue weighted by atomic mass is 32.2. The molecule has 3 heterocycles. The second-order valence-electron chi connectivity index (χ2n) is 16.1. The van der Waals surface area contributed by atoms with Crippen LogP contribution in [0.25, 0.3) is 86.1 Å². The molecule has 1 spiro atoms. The molecule has 0 bridgehead atoms. The van der Waals surface area contributed by atoms with Gasteiger partial charge in [0.15, 0.2) is 0 Å². The molecule has 0 atom stereocenters. The maximum absolute atomic E-state index is 5.15. The molecule has 13 rings (SSSR count). The Morgan fingerprint density at radius 2 is 0.742 bits per heavy atom. The molecule has 0 unspecified atom stereocenters. The van der Waals surface area contributed by atoms with Gasteiger partial charge in [-0.25, -0.2) is 9.97 Å². The molecule has 2 aliphatic rings. The Labute approximate surface area is 371 Å². The van der Waals surface area contributed by atoms with Crippen molar-refractivity contribution in [2.75, 3.05) is 0 Å². The van der Waals surface area contributed by atoms with Crippen LogP contribution in [0.3, 0.4) is 0 Å². The molecule has 1 aliphatic carbocycles. The Morgan fingerprint density at radius 3 is 1.29 bits per heavy atom. The zero-order chi connectivity index (χ0) is 40.8. The Bertz CT molecular complexity index is 3380. The Kier molecular flexibility index (Phi) is 8.14. The molecule has 2 nitrogen and oxygen atoms in total. The molecule has 290 valence electrons. The molecule has 0 saturated heterocycles. The lowest BCUT2D eigenvalue weighted by atomic mass is 9.67. The van der Waals surface area contributed by atoms with Gasteiger partial charge in [0.05, 0.1) is 25.8 Å². The van der Waals surface area contributed by atoms with Gasteiger partial charge in [-0.1, -0.05) is 157 Å². The third-order valence-electron chi connectivity index (χ3n) is 12.6. The van der Waals surface area contributed by atoms with Crippen LogP contribution >= 0.6 is 34.4 Å². The monoisotopic (exact) mass is 842 g/mol. The van der Waals surface area contributed by atoms with Gasteiger partial charge < -0.3 is 0 Å². The van der Waals surface area contributed by atoms with Gasteiger partial charge in [0, 0.05) is 20.9 Å². The molecular formula is C57H34N2S3. The highest BCUT2D eigenvalue weighted by molar-refractivity contribution is 7.99. The second-order valence-corrected chi connectivity index (χ2v) is 19.2. The minimum Gasteiger partial charge on any atom is -0.236 e. The Hall–Kier alpha value is -6.89. The normalized spacial score (nSPS) is 13.2. The summed E-state index contributed by atoms with van der Waals surface area (Å²) < 4.78 is 2.36. The van der Waals surface area contributed by atoms with E-state index in [-0.39, 0.29) is 0 Å². The summed E-state index contributed by atoms with van der Waals surface area (Å²) in [5.74, 6) is 0. The number of benzene rings is 9. The molecule has 0 N–H and O–H groups in total. The number of aromatic nitrogens is 2. The van der Waals surface area contributed by atoms with Crippen molar-refractivity contribution in [1.82, 2.24) is 9.97 Å². The SMILES string of the molecule is c1ccc(-c2nc3cc(-c4cc(-c5ccc6c(c5)C5(c7ccccc7Sc7ccccc75)c5ccccc5-6)cc(-c5ccc6sc(-c7ccccc7)nc6c5)c4)ccc3s2)cc1. The lowest BCUT2D eigenvalue weighted by molar-refractivity contribution is 0.722. The fraction of sp³-hybridized carbons (Fsp3) is 0.0175. The Balaban J connectivity index is 1.02. The van der Waals surface area contributed by atoms with E-state index in [9.17, 15) is 0 Å². The lowest BCUT2D eigenvalue weighted by Gasteiger charge is -2.39. The van der Waals surface area contributed by atoms with Crippen LogP contribution < -0.4 is 0 Å². The minimum atomic E-state index is -0.445. The van der Waals surface area contributed by atoms with E-state index in [0.29, 0.717) is 0 Å². The van der Waals surface area contributed by atoms with Gasteiger partial charge in [-0.3, -0.25) is 0 Å². The summed E-state index contributed by atoms with van der Waals surface area (Å²) in [4.78, 5) is 12.9. The standard InChI is InChI=1S/C57H34N2S3/c1-3-13-35(14-4-1)55-58-49-33-38(24-27-53(49)61-55)41-29-40(30-42(31-41)39-25-28-54-50(34-39)59-56(62-54)36-15-5-2-6-16-36)37-23-26-44-43-17-7-8-18-45(43)57(48(44)32-37)46-19-9-11-21-51(46)60-52-22-12-10-20-47(52)57/h1-34H. The molecule has 9 aromatic carbocycles. The summed E-state index contributed by atoms with van der Waals surface area (Å²) in [6.45, 7) is 0.